The SMILES string of the molecule is CN=C(NCc1cccc(C(N)=O)c1)NC1CCN(c2cccs2)CC1.I. The Morgan fingerprint density at radius 2 is 2.07 bits per heavy atom. The van der Waals surface area contributed by atoms with Crippen LogP contribution < -0.4 is 21.3 Å². The summed E-state index contributed by atoms with van der Waals surface area (Å²) in [5, 5.41) is 10.3. The topological polar surface area (TPSA) is 82.7 Å². The van der Waals surface area contributed by atoms with Crippen molar-refractivity contribution in [3.05, 3.63) is 52.9 Å². The number of rotatable bonds is 5. The zero-order valence-corrected chi connectivity index (χ0v) is 18.5. The highest BCUT2D eigenvalue weighted by Gasteiger charge is 2.20. The minimum atomic E-state index is -0.410. The van der Waals surface area contributed by atoms with E-state index in [9.17, 15) is 4.79 Å². The van der Waals surface area contributed by atoms with E-state index in [0.29, 0.717) is 18.2 Å². The third-order valence-electron chi connectivity index (χ3n) is 4.55. The van der Waals surface area contributed by atoms with Gasteiger partial charge in [-0.3, -0.25) is 9.79 Å². The number of benzene rings is 1. The summed E-state index contributed by atoms with van der Waals surface area (Å²) >= 11 is 1.79. The largest absolute Gasteiger partial charge is 0.366 e. The molecule has 8 heteroatoms. The third-order valence-corrected chi connectivity index (χ3v) is 5.48. The molecule has 2 heterocycles. The number of hydrogen-bond donors (Lipinski definition) is 3. The van der Waals surface area contributed by atoms with Crippen LogP contribution in [0.15, 0.2) is 46.8 Å². The lowest BCUT2D eigenvalue weighted by Crippen LogP contribution is -2.48. The van der Waals surface area contributed by atoms with Gasteiger partial charge in [0.15, 0.2) is 5.96 Å². The first-order valence-electron chi connectivity index (χ1n) is 8.80. The molecule has 0 saturated carbocycles. The molecular formula is C19H26IN5OS. The number of piperidine rings is 1. The van der Waals surface area contributed by atoms with Gasteiger partial charge in [0.05, 0.1) is 5.00 Å². The number of aliphatic imine (C=N–C) groups is 1. The summed E-state index contributed by atoms with van der Waals surface area (Å²) in [7, 11) is 1.77. The number of guanidine groups is 1. The van der Waals surface area contributed by atoms with E-state index in [1.54, 1.807) is 24.5 Å². The van der Waals surface area contributed by atoms with Gasteiger partial charge in [0.1, 0.15) is 0 Å². The standard InChI is InChI=1S/C19H25N5OS.HI/c1-21-19(22-13-14-4-2-5-15(12-14)18(20)25)23-16-7-9-24(10-8-16)17-6-3-11-26-17;/h2-6,11-12,16H,7-10,13H2,1H3,(H2,20,25)(H2,21,22,23);1H. The summed E-state index contributed by atoms with van der Waals surface area (Å²) < 4.78 is 0. The van der Waals surface area contributed by atoms with Gasteiger partial charge in [-0.1, -0.05) is 12.1 Å². The van der Waals surface area contributed by atoms with Crippen LogP contribution in [0.25, 0.3) is 0 Å². The van der Waals surface area contributed by atoms with E-state index in [4.69, 9.17) is 5.73 Å². The fourth-order valence-electron chi connectivity index (χ4n) is 3.10. The summed E-state index contributed by atoms with van der Waals surface area (Å²) in [6.07, 6.45) is 2.16. The van der Waals surface area contributed by atoms with Gasteiger partial charge in [-0.05, 0) is 48.1 Å². The Bertz CT molecular complexity index is 757. The van der Waals surface area contributed by atoms with E-state index >= 15 is 0 Å². The highest BCUT2D eigenvalue weighted by atomic mass is 127. The van der Waals surface area contributed by atoms with Crippen LogP contribution in [0.4, 0.5) is 5.00 Å². The number of primary amides is 1. The first-order valence-corrected chi connectivity index (χ1v) is 9.68. The summed E-state index contributed by atoms with van der Waals surface area (Å²) in [5.74, 6) is 0.371. The predicted octanol–water partition coefficient (Wildman–Crippen LogP) is 2.80. The molecule has 0 bridgehead atoms. The number of nitrogens with two attached hydrogens (primary N) is 1. The molecule has 1 aromatic heterocycles. The first kappa shape index (κ1) is 21.5. The number of carbonyl (C=O) groups is 1. The molecule has 1 aliphatic rings. The van der Waals surface area contributed by atoms with Crippen molar-refractivity contribution in [3.8, 4) is 0 Å². The number of halogens is 1. The lowest BCUT2D eigenvalue weighted by atomic mass is 10.1. The van der Waals surface area contributed by atoms with Gasteiger partial charge in [0.2, 0.25) is 5.91 Å². The van der Waals surface area contributed by atoms with E-state index < -0.39 is 5.91 Å². The van der Waals surface area contributed by atoms with Crippen molar-refractivity contribution < 1.29 is 4.79 Å². The molecule has 1 aromatic carbocycles. The van der Waals surface area contributed by atoms with Crippen LogP contribution in [0, 0.1) is 0 Å². The molecule has 146 valence electrons. The molecule has 0 unspecified atom stereocenters. The normalized spacial score (nSPS) is 15.1. The number of nitrogens with one attached hydrogen (secondary N) is 2. The summed E-state index contributed by atoms with van der Waals surface area (Å²) in [4.78, 5) is 18.0. The second kappa shape index (κ2) is 10.5. The fraction of sp³-hybridized carbons (Fsp3) is 0.368. The zero-order chi connectivity index (χ0) is 18.4. The highest BCUT2D eigenvalue weighted by Crippen LogP contribution is 2.24. The van der Waals surface area contributed by atoms with E-state index in [-0.39, 0.29) is 24.0 Å². The van der Waals surface area contributed by atoms with Crippen LogP contribution in [0.5, 0.6) is 0 Å². The second-order valence-corrected chi connectivity index (χ2v) is 7.27. The molecule has 0 atom stereocenters. The number of nitrogens with zero attached hydrogens (tertiary/aromatic N) is 2. The molecule has 0 radical (unpaired) electrons. The predicted molar refractivity (Wildman–Crippen MR) is 123 cm³/mol. The lowest BCUT2D eigenvalue weighted by molar-refractivity contribution is 0.1000. The van der Waals surface area contributed by atoms with Crippen LogP contribution >= 0.6 is 35.3 Å². The molecule has 2 aromatic rings. The minimum absolute atomic E-state index is 0. The van der Waals surface area contributed by atoms with E-state index in [2.05, 4.69) is 38.0 Å². The van der Waals surface area contributed by atoms with Crippen molar-refractivity contribution >= 4 is 52.2 Å². The van der Waals surface area contributed by atoms with Crippen molar-refractivity contribution in [2.75, 3.05) is 25.0 Å². The van der Waals surface area contributed by atoms with Crippen molar-refractivity contribution in [2.45, 2.75) is 25.4 Å². The maximum atomic E-state index is 11.3. The Morgan fingerprint density at radius 1 is 1.30 bits per heavy atom. The van der Waals surface area contributed by atoms with Crippen molar-refractivity contribution in [3.63, 3.8) is 0 Å². The number of thiophene rings is 1. The van der Waals surface area contributed by atoms with E-state index in [1.165, 1.54) is 5.00 Å². The Labute approximate surface area is 181 Å². The maximum Gasteiger partial charge on any atom is 0.248 e. The molecule has 0 spiro atoms. The van der Waals surface area contributed by atoms with E-state index in [1.807, 2.05) is 18.2 Å². The quantitative estimate of drug-likeness (QED) is 0.336. The molecule has 1 fully saturated rings. The Kier molecular flexibility index (Phi) is 8.36. The molecule has 6 nitrogen and oxygen atoms in total. The molecule has 4 N–H and O–H groups in total. The molecule has 1 amide bonds. The molecular weight excluding hydrogens is 473 g/mol. The molecule has 3 rings (SSSR count). The summed E-state index contributed by atoms with van der Waals surface area (Å²) in [5.41, 5.74) is 6.85. The van der Waals surface area contributed by atoms with Crippen molar-refractivity contribution in [1.82, 2.24) is 10.6 Å². The Morgan fingerprint density at radius 3 is 2.70 bits per heavy atom. The number of carbonyl (C=O) groups excluding carboxylic acids is 1. The smallest absolute Gasteiger partial charge is 0.248 e. The average Bonchev–Trinajstić information content (AvgIpc) is 3.20. The fourth-order valence-corrected chi connectivity index (χ4v) is 3.89. The first-order chi connectivity index (χ1) is 12.7. The summed E-state index contributed by atoms with van der Waals surface area (Å²) in [6.45, 7) is 2.69. The maximum absolute atomic E-state index is 11.3. The van der Waals surface area contributed by atoms with Gasteiger partial charge < -0.3 is 21.3 Å². The van der Waals surface area contributed by atoms with Crippen LogP contribution in [0.2, 0.25) is 0 Å². The van der Waals surface area contributed by atoms with Crippen LogP contribution in [0.1, 0.15) is 28.8 Å². The highest BCUT2D eigenvalue weighted by molar-refractivity contribution is 14.0. The van der Waals surface area contributed by atoms with Gasteiger partial charge in [-0.15, -0.1) is 35.3 Å². The zero-order valence-electron chi connectivity index (χ0n) is 15.4. The Balaban J connectivity index is 0.00000261. The average molecular weight is 499 g/mol. The van der Waals surface area contributed by atoms with Crippen LogP contribution in [0.3, 0.4) is 0 Å². The van der Waals surface area contributed by atoms with Crippen molar-refractivity contribution in [1.29, 1.82) is 0 Å². The number of hydrogen-bond acceptors (Lipinski definition) is 4. The van der Waals surface area contributed by atoms with Gasteiger partial charge in [-0.2, -0.15) is 0 Å². The molecule has 1 saturated heterocycles. The second-order valence-electron chi connectivity index (χ2n) is 6.35. The third kappa shape index (κ3) is 6.10. The van der Waals surface area contributed by atoms with Gasteiger partial charge in [-0.25, -0.2) is 0 Å². The van der Waals surface area contributed by atoms with Crippen molar-refractivity contribution in [2.24, 2.45) is 10.7 Å². The van der Waals surface area contributed by atoms with Gasteiger partial charge in [0.25, 0.3) is 0 Å². The minimum Gasteiger partial charge on any atom is -0.366 e. The van der Waals surface area contributed by atoms with Gasteiger partial charge >= 0.3 is 0 Å². The number of amides is 1. The molecule has 27 heavy (non-hydrogen) atoms. The monoisotopic (exact) mass is 499 g/mol. The summed E-state index contributed by atoms with van der Waals surface area (Å²) in [6, 6.07) is 12.0. The molecule has 1 aliphatic heterocycles. The van der Waals surface area contributed by atoms with E-state index in [0.717, 1.165) is 37.5 Å². The van der Waals surface area contributed by atoms with Crippen LogP contribution in [-0.2, 0) is 6.54 Å². The molecule has 0 aliphatic carbocycles. The number of anilines is 1. The Hall–Kier alpha value is -1.81. The van der Waals surface area contributed by atoms with Gasteiger partial charge in [0, 0.05) is 38.3 Å². The lowest BCUT2D eigenvalue weighted by Gasteiger charge is -2.33. The van der Waals surface area contributed by atoms with Crippen LogP contribution in [-0.4, -0.2) is 38.0 Å².